The molecule has 0 aromatic heterocycles. The van der Waals surface area contributed by atoms with Crippen molar-refractivity contribution in [2.75, 3.05) is 0 Å². The Kier molecular flexibility index (Phi) is 2.64. The molecule has 0 aliphatic carbocycles. The van der Waals surface area contributed by atoms with Gasteiger partial charge in [0.25, 0.3) is 0 Å². The molecule has 1 atom stereocenters. The predicted molar refractivity (Wildman–Crippen MR) is 49.7 cm³/mol. The van der Waals surface area contributed by atoms with E-state index in [2.05, 4.69) is 6.58 Å². The lowest BCUT2D eigenvalue weighted by atomic mass is 9.99. The molecular weight excluding hydrogens is 151 g/mol. The van der Waals surface area contributed by atoms with Gasteiger partial charge in [0.15, 0.2) is 0 Å². The van der Waals surface area contributed by atoms with Crippen LogP contribution in [0.4, 0.5) is 4.39 Å². The number of rotatable bonds is 2. The van der Waals surface area contributed by atoms with Gasteiger partial charge in [0.1, 0.15) is 5.82 Å². The fraction of sp³-hybridized carbons (Fsp3) is 0.273. The Labute approximate surface area is 72.7 Å². The second-order valence-corrected chi connectivity index (χ2v) is 3.00. The zero-order valence-corrected chi connectivity index (χ0v) is 7.47. The number of hydrogen-bond acceptors (Lipinski definition) is 0. The topological polar surface area (TPSA) is 0 Å². The predicted octanol–water partition coefficient (Wildman–Crippen LogP) is 3.42. The Morgan fingerprint density at radius 3 is 2.75 bits per heavy atom. The molecule has 0 radical (unpaired) electrons. The third-order valence-electron chi connectivity index (χ3n) is 2.07. The molecule has 0 saturated carbocycles. The molecule has 12 heavy (non-hydrogen) atoms. The van der Waals surface area contributed by atoms with Crippen molar-refractivity contribution in [3.05, 3.63) is 47.8 Å². The lowest BCUT2D eigenvalue weighted by Gasteiger charge is -2.08. The van der Waals surface area contributed by atoms with Gasteiger partial charge in [-0.15, -0.1) is 6.58 Å². The maximum absolute atomic E-state index is 13.4. The average molecular weight is 164 g/mol. The van der Waals surface area contributed by atoms with Gasteiger partial charge in [0, 0.05) is 5.92 Å². The molecule has 0 bridgehead atoms. The van der Waals surface area contributed by atoms with Gasteiger partial charge in [0.2, 0.25) is 0 Å². The van der Waals surface area contributed by atoms with E-state index in [1.54, 1.807) is 25.1 Å². The molecule has 0 heterocycles. The molecule has 0 fully saturated rings. The lowest BCUT2D eigenvalue weighted by molar-refractivity contribution is 0.596. The van der Waals surface area contributed by atoms with Crippen LogP contribution in [0.25, 0.3) is 0 Å². The number of benzene rings is 1. The van der Waals surface area contributed by atoms with Gasteiger partial charge in [-0.1, -0.05) is 31.2 Å². The first-order valence-electron chi connectivity index (χ1n) is 4.04. The van der Waals surface area contributed by atoms with E-state index in [4.69, 9.17) is 0 Å². The molecule has 1 aromatic carbocycles. The van der Waals surface area contributed by atoms with E-state index < -0.39 is 0 Å². The van der Waals surface area contributed by atoms with Crippen LogP contribution < -0.4 is 0 Å². The smallest absolute Gasteiger partial charge is 0.129 e. The number of hydrogen-bond donors (Lipinski definition) is 0. The fourth-order valence-corrected chi connectivity index (χ4v) is 1.15. The largest absolute Gasteiger partial charge is 0.206 e. The summed E-state index contributed by atoms with van der Waals surface area (Å²) in [5.41, 5.74) is 1.42. The zero-order chi connectivity index (χ0) is 9.14. The van der Waals surface area contributed by atoms with E-state index in [9.17, 15) is 4.39 Å². The van der Waals surface area contributed by atoms with Crippen LogP contribution in [0.2, 0.25) is 0 Å². The Hall–Kier alpha value is -1.11. The number of aryl methyl sites for hydroxylation is 1. The average Bonchev–Trinajstić information content (AvgIpc) is 2.08. The van der Waals surface area contributed by atoms with Gasteiger partial charge in [-0.3, -0.25) is 0 Å². The molecule has 0 aliphatic heterocycles. The highest BCUT2D eigenvalue weighted by Gasteiger charge is 2.08. The van der Waals surface area contributed by atoms with Crippen LogP contribution in [-0.2, 0) is 0 Å². The lowest BCUT2D eigenvalue weighted by Crippen LogP contribution is -1.95. The molecule has 0 aliphatic rings. The van der Waals surface area contributed by atoms with E-state index in [0.29, 0.717) is 5.56 Å². The summed E-state index contributed by atoms with van der Waals surface area (Å²) in [7, 11) is 0. The summed E-state index contributed by atoms with van der Waals surface area (Å²) in [5.74, 6) is -0.0187. The molecule has 1 aromatic rings. The minimum absolute atomic E-state index is 0.0879. The summed E-state index contributed by atoms with van der Waals surface area (Å²) >= 11 is 0. The highest BCUT2D eigenvalue weighted by Crippen LogP contribution is 2.21. The third-order valence-corrected chi connectivity index (χ3v) is 2.07. The van der Waals surface area contributed by atoms with Crippen LogP contribution in [0.1, 0.15) is 24.0 Å². The molecule has 1 unspecified atom stereocenters. The molecule has 64 valence electrons. The van der Waals surface area contributed by atoms with Gasteiger partial charge < -0.3 is 0 Å². The van der Waals surface area contributed by atoms with Gasteiger partial charge in [-0.05, 0) is 18.1 Å². The van der Waals surface area contributed by atoms with Crippen molar-refractivity contribution < 1.29 is 4.39 Å². The second kappa shape index (κ2) is 3.53. The highest BCUT2D eigenvalue weighted by molar-refractivity contribution is 5.29. The second-order valence-electron chi connectivity index (χ2n) is 3.00. The maximum atomic E-state index is 13.4. The Balaban J connectivity index is 3.15. The van der Waals surface area contributed by atoms with Crippen molar-refractivity contribution in [1.82, 2.24) is 0 Å². The summed E-state index contributed by atoms with van der Waals surface area (Å²) in [6.45, 7) is 7.35. The van der Waals surface area contributed by atoms with Crippen LogP contribution in [0.15, 0.2) is 30.9 Å². The summed E-state index contributed by atoms with van der Waals surface area (Å²) in [6, 6.07) is 5.44. The van der Waals surface area contributed by atoms with Gasteiger partial charge in [0.05, 0.1) is 0 Å². The van der Waals surface area contributed by atoms with Crippen molar-refractivity contribution in [2.24, 2.45) is 0 Å². The number of halogens is 1. The van der Waals surface area contributed by atoms with E-state index in [1.807, 2.05) is 13.0 Å². The monoisotopic (exact) mass is 164 g/mol. The Morgan fingerprint density at radius 2 is 2.17 bits per heavy atom. The standard InChI is InChI=1S/C11H13F/c1-4-8(2)10-7-5-6-9(3)11(10)12/h4-8H,1H2,2-3H3. The van der Waals surface area contributed by atoms with Crippen LogP contribution in [0.5, 0.6) is 0 Å². The van der Waals surface area contributed by atoms with E-state index in [0.717, 1.165) is 5.56 Å². The SMILES string of the molecule is C=CC(C)c1cccc(C)c1F. The molecule has 0 saturated heterocycles. The Morgan fingerprint density at radius 1 is 1.50 bits per heavy atom. The maximum Gasteiger partial charge on any atom is 0.129 e. The fourth-order valence-electron chi connectivity index (χ4n) is 1.15. The van der Waals surface area contributed by atoms with Crippen molar-refractivity contribution in [2.45, 2.75) is 19.8 Å². The molecule has 0 spiro atoms. The molecule has 0 N–H and O–H groups in total. The summed E-state index contributed by atoms with van der Waals surface area (Å²) < 4.78 is 13.4. The first kappa shape index (κ1) is 8.98. The van der Waals surface area contributed by atoms with Crippen molar-refractivity contribution >= 4 is 0 Å². The minimum atomic E-state index is -0.107. The van der Waals surface area contributed by atoms with Crippen LogP contribution in [0, 0.1) is 12.7 Å². The highest BCUT2D eigenvalue weighted by atomic mass is 19.1. The van der Waals surface area contributed by atoms with Crippen LogP contribution in [0.3, 0.4) is 0 Å². The van der Waals surface area contributed by atoms with Crippen LogP contribution >= 0.6 is 0 Å². The van der Waals surface area contributed by atoms with Gasteiger partial charge in [-0.2, -0.15) is 0 Å². The molecule has 1 heteroatoms. The van der Waals surface area contributed by atoms with Crippen molar-refractivity contribution in [3.63, 3.8) is 0 Å². The minimum Gasteiger partial charge on any atom is -0.206 e. The van der Waals surface area contributed by atoms with Gasteiger partial charge in [-0.25, -0.2) is 4.39 Å². The first-order valence-corrected chi connectivity index (χ1v) is 4.04. The molecule has 0 amide bonds. The van der Waals surface area contributed by atoms with E-state index in [1.165, 1.54) is 0 Å². The van der Waals surface area contributed by atoms with Gasteiger partial charge >= 0.3 is 0 Å². The first-order chi connectivity index (χ1) is 5.66. The summed E-state index contributed by atoms with van der Waals surface area (Å²) in [5, 5.41) is 0. The quantitative estimate of drug-likeness (QED) is 0.587. The molecular formula is C11H13F. The summed E-state index contributed by atoms with van der Waals surface area (Å²) in [4.78, 5) is 0. The molecule has 1 rings (SSSR count). The van der Waals surface area contributed by atoms with Crippen LogP contribution in [-0.4, -0.2) is 0 Å². The summed E-state index contributed by atoms with van der Waals surface area (Å²) in [6.07, 6.45) is 1.75. The van der Waals surface area contributed by atoms with E-state index >= 15 is 0 Å². The van der Waals surface area contributed by atoms with E-state index in [-0.39, 0.29) is 11.7 Å². The van der Waals surface area contributed by atoms with Crippen molar-refractivity contribution in [3.8, 4) is 0 Å². The van der Waals surface area contributed by atoms with Crippen molar-refractivity contribution in [1.29, 1.82) is 0 Å². The normalized spacial score (nSPS) is 12.6. The zero-order valence-electron chi connectivity index (χ0n) is 7.47. The number of allylic oxidation sites excluding steroid dienone is 1. The Bertz CT molecular complexity index is 289. The third kappa shape index (κ3) is 1.55. The molecule has 0 nitrogen and oxygen atoms in total.